The summed E-state index contributed by atoms with van der Waals surface area (Å²) in [4.78, 5) is 18.9. The quantitative estimate of drug-likeness (QED) is 0.737. The number of piperazine rings is 1. The van der Waals surface area contributed by atoms with Crippen LogP contribution in [0.2, 0.25) is 0 Å². The SMILES string of the molecule is CN1CCN(C(=O)CNCC2CN3CCCC3CO2)CC1. The maximum atomic E-state index is 12.1. The lowest BCUT2D eigenvalue weighted by atomic mass is 10.2. The van der Waals surface area contributed by atoms with Crippen LogP contribution in [0.1, 0.15) is 12.8 Å². The van der Waals surface area contributed by atoms with Crippen molar-refractivity contribution in [2.75, 3.05) is 66.0 Å². The first-order valence-corrected chi connectivity index (χ1v) is 8.25. The predicted octanol–water partition coefficient (Wildman–Crippen LogP) is -0.787. The molecule has 3 fully saturated rings. The van der Waals surface area contributed by atoms with Gasteiger partial charge in [-0.1, -0.05) is 0 Å². The zero-order valence-corrected chi connectivity index (χ0v) is 13.1. The highest BCUT2D eigenvalue weighted by Crippen LogP contribution is 2.22. The number of morpholine rings is 1. The van der Waals surface area contributed by atoms with Crippen LogP contribution in [0.25, 0.3) is 0 Å². The molecule has 120 valence electrons. The number of fused-ring (bicyclic) bond motifs is 1. The minimum Gasteiger partial charge on any atom is -0.374 e. The van der Waals surface area contributed by atoms with E-state index < -0.39 is 0 Å². The van der Waals surface area contributed by atoms with E-state index in [1.54, 1.807) is 0 Å². The summed E-state index contributed by atoms with van der Waals surface area (Å²) in [6.07, 6.45) is 2.82. The van der Waals surface area contributed by atoms with Crippen molar-refractivity contribution in [3.63, 3.8) is 0 Å². The zero-order valence-electron chi connectivity index (χ0n) is 13.1. The Kier molecular flexibility index (Phi) is 5.11. The van der Waals surface area contributed by atoms with Crippen molar-refractivity contribution in [1.82, 2.24) is 20.0 Å². The average Bonchev–Trinajstić information content (AvgIpc) is 2.95. The maximum Gasteiger partial charge on any atom is 0.236 e. The van der Waals surface area contributed by atoms with Crippen LogP contribution in [0.5, 0.6) is 0 Å². The molecule has 0 saturated carbocycles. The molecule has 1 N–H and O–H groups in total. The molecule has 3 rings (SSSR count). The second kappa shape index (κ2) is 7.05. The van der Waals surface area contributed by atoms with Crippen molar-refractivity contribution >= 4 is 5.91 Å². The van der Waals surface area contributed by atoms with Crippen LogP contribution in [0, 0.1) is 0 Å². The smallest absolute Gasteiger partial charge is 0.236 e. The van der Waals surface area contributed by atoms with E-state index in [9.17, 15) is 4.79 Å². The third kappa shape index (κ3) is 3.94. The van der Waals surface area contributed by atoms with Gasteiger partial charge in [-0.2, -0.15) is 0 Å². The summed E-state index contributed by atoms with van der Waals surface area (Å²) in [5.74, 6) is 0.220. The van der Waals surface area contributed by atoms with Gasteiger partial charge < -0.3 is 19.9 Å². The number of nitrogens with one attached hydrogen (secondary N) is 1. The van der Waals surface area contributed by atoms with E-state index in [-0.39, 0.29) is 12.0 Å². The molecule has 21 heavy (non-hydrogen) atoms. The van der Waals surface area contributed by atoms with Gasteiger partial charge >= 0.3 is 0 Å². The van der Waals surface area contributed by atoms with Gasteiger partial charge in [-0.3, -0.25) is 9.69 Å². The standard InChI is InChI=1S/C15H28N4O2/c1-17-5-7-18(8-6-17)15(20)10-16-9-14-11-19-4-2-3-13(19)12-21-14/h13-14,16H,2-12H2,1H3. The van der Waals surface area contributed by atoms with Crippen molar-refractivity contribution in [3.8, 4) is 0 Å². The number of likely N-dealkylation sites (N-methyl/N-ethyl adjacent to an activating group) is 1. The van der Waals surface area contributed by atoms with E-state index in [0.29, 0.717) is 12.6 Å². The summed E-state index contributed by atoms with van der Waals surface area (Å²) < 4.78 is 5.90. The second-order valence-corrected chi connectivity index (χ2v) is 6.56. The highest BCUT2D eigenvalue weighted by Gasteiger charge is 2.32. The van der Waals surface area contributed by atoms with Gasteiger partial charge in [-0.05, 0) is 26.4 Å². The first-order valence-electron chi connectivity index (χ1n) is 8.25. The largest absolute Gasteiger partial charge is 0.374 e. The zero-order chi connectivity index (χ0) is 14.7. The van der Waals surface area contributed by atoms with Crippen LogP contribution < -0.4 is 5.32 Å². The molecule has 1 amide bonds. The molecular weight excluding hydrogens is 268 g/mol. The summed E-state index contributed by atoms with van der Waals surface area (Å²) in [5.41, 5.74) is 0. The van der Waals surface area contributed by atoms with Gasteiger partial charge in [-0.25, -0.2) is 0 Å². The molecular formula is C15H28N4O2. The lowest BCUT2D eigenvalue weighted by Gasteiger charge is -2.35. The Morgan fingerprint density at radius 3 is 2.86 bits per heavy atom. The van der Waals surface area contributed by atoms with Gasteiger partial charge in [-0.15, -0.1) is 0 Å². The van der Waals surface area contributed by atoms with Crippen LogP contribution >= 0.6 is 0 Å². The Balaban J connectivity index is 1.33. The number of rotatable bonds is 4. The fraction of sp³-hybridized carbons (Fsp3) is 0.933. The van der Waals surface area contributed by atoms with Crippen LogP contribution in [0.4, 0.5) is 0 Å². The molecule has 3 saturated heterocycles. The molecule has 0 aromatic rings. The molecule has 2 unspecified atom stereocenters. The van der Waals surface area contributed by atoms with Crippen molar-refractivity contribution < 1.29 is 9.53 Å². The van der Waals surface area contributed by atoms with Gasteiger partial charge in [0.15, 0.2) is 0 Å². The Labute approximate surface area is 127 Å². The average molecular weight is 296 g/mol. The topological polar surface area (TPSA) is 48.0 Å². The fourth-order valence-electron chi connectivity index (χ4n) is 3.52. The third-order valence-electron chi connectivity index (χ3n) is 4.97. The van der Waals surface area contributed by atoms with Crippen LogP contribution in [0.3, 0.4) is 0 Å². The summed E-state index contributed by atoms with van der Waals surface area (Å²) in [7, 11) is 2.10. The number of hydrogen-bond donors (Lipinski definition) is 1. The van der Waals surface area contributed by atoms with Gasteiger partial charge in [0.05, 0.1) is 19.3 Å². The normalized spacial score (nSPS) is 31.4. The first kappa shape index (κ1) is 15.2. The number of carbonyl (C=O) groups is 1. The lowest BCUT2D eigenvalue weighted by Crippen LogP contribution is -2.52. The first-order chi connectivity index (χ1) is 10.2. The van der Waals surface area contributed by atoms with Gasteiger partial charge in [0.1, 0.15) is 0 Å². The molecule has 3 heterocycles. The third-order valence-corrected chi connectivity index (χ3v) is 4.97. The minimum atomic E-state index is 0.220. The van der Waals surface area contributed by atoms with Crippen molar-refractivity contribution in [1.29, 1.82) is 0 Å². The monoisotopic (exact) mass is 296 g/mol. The van der Waals surface area contributed by atoms with Gasteiger partial charge in [0.25, 0.3) is 0 Å². The maximum absolute atomic E-state index is 12.1. The summed E-state index contributed by atoms with van der Waals surface area (Å²) >= 11 is 0. The van der Waals surface area contributed by atoms with E-state index in [2.05, 4.69) is 22.2 Å². The lowest BCUT2D eigenvalue weighted by molar-refractivity contribution is -0.132. The highest BCUT2D eigenvalue weighted by atomic mass is 16.5. The summed E-state index contributed by atoms with van der Waals surface area (Å²) in [6, 6.07) is 0.647. The Morgan fingerprint density at radius 2 is 2.05 bits per heavy atom. The highest BCUT2D eigenvalue weighted by molar-refractivity contribution is 5.78. The Hall–Kier alpha value is -0.690. The van der Waals surface area contributed by atoms with E-state index in [1.165, 1.54) is 19.4 Å². The molecule has 3 aliphatic heterocycles. The number of nitrogens with zero attached hydrogens (tertiary/aromatic N) is 3. The van der Waals surface area contributed by atoms with Crippen LogP contribution in [-0.4, -0.2) is 98.8 Å². The Bertz CT molecular complexity index is 358. The second-order valence-electron chi connectivity index (χ2n) is 6.56. The van der Waals surface area contributed by atoms with E-state index >= 15 is 0 Å². The molecule has 0 aliphatic carbocycles. The number of hydrogen-bond acceptors (Lipinski definition) is 5. The summed E-state index contributed by atoms with van der Waals surface area (Å²) in [5, 5.41) is 3.29. The van der Waals surface area contributed by atoms with Crippen molar-refractivity contribution in [2.24, 2.45) is 0 Å². The minimum absolute atomic E-state index is 0.220. The van der Waals surface area contributed by atoms with Crippen LogP contribution in [-0.2, 0) is 9.53 Å². The molecule has 6 heteroatoms. The number of carbonyl (C=O) groups excluding carboxylic acids is 1. The van der Waals surface area contributed by atoms with Gasteiger partial charge in [0.2, 0.25) is 5.91 Å². The van der Waals surface area contributed by atoms with E-state index in [1.807, 2.05) is 4.90 Å². The van der Waals surface area contributed by atoms with E-state index in [0.717, 1.165) is 45.9 Å². The molecule has 0 radical (unpaired) electrons. The van der Waals surface area contributed by atoms with Gasteiger partial charge in [0, 0.05) is 45.3 Å². The van der Waals surface area contributed by atoms with Crippen LogP contribution in [0.15, 0.2) is 0 Å². The predicted molar refractivity (Wildman–Crippen MR) is 81.3 cm³/mol. The fourth-order valence-corrected chi connectivity index (χ4v) is 3.52. The number of ether oxygens (including phenoxy) is 1. The molecule has 2 atom stereocenters. The van der Waals surface area contributed by atoms with Crippen molar-refractivity contribution in [2.45, 2.75) is 25.0 Å². The molecule has 0 aromatic carbocycles. The molecule has 6 nitrogen and oxygen atoms in total. The molecule has 0 aromatic heterocycles. The Morgan fingerprint density at radius 1 is 1.24 bits per heavy atom. The molecule has 0 bridgehead atoms. The summed E-state index contributed by atoms with van der Waals surface area (Å²) in [6.45, 7) is 7.97. The molecule has 3 aliphatic rings. The van der Waals surface area contributed by atoms with E-state index in [4.69, 9.17) is 4.74 Å². The number of amides is 1. The molecule has 0 spiro atoms. The van der Waals surface area contributed by atoms with Crippen molar-refractivity contribution in [3.05, 3.63) is 0 Å².